The van der Waals surface area contributed by atoms with Crippen LogP contribution in [0.5, 0.6) is 0 Å². The first-order valence-electron chi connectivity index (χ1n) is 65.0. The van der Waals surface area contributed by atoms with Crippen LogP contribution in [0.15, 0.2) is 146 Å². The lowest BCUT2D eigenvalue weighted by molar-refractivity contribution is 0.539. The molecule has 0 heteroatoms. The van der Waals surface area contributed by atoms with Gasteiger partial charge >= 0.3 is 0 Å². The molecule has 0 bridgehead atoms. The molecule has 0 radical (unpaired) electrons. The largest absolute Gasteiger partial charge is 0.0654 e. The van der Waals surface area contributed by atoms with E-state index in [0.717, 1.165) is 77.0 Å². The van der Waals surface area contributed by atoms with Crippen molar-refractivity contribution in [2.45, 2.75) is 658 Å². The van der Waals surface area contributed by atoms with Crippen LogP contribution in [0.1, 0.15) is 643 Å². The molecule has 0 heterocycles. The van der Waals surface area contributed by atoms with Crippen molar-refractivity contribution in [1.29, 1.82) is 0 Å². The highest BCUT2D eigenvalue weighted by Crippen LogP contribution is 2.38. The first kappa shape index (κ1) is 125. The summed E-state index contributed by atoms with van der Waals surface area (Å²) in [5.74, 6) is 0. The molecule has 0 spiro atoms. The Labute approximate surface area is 897 Å². The Morgan fingerprint density at radius 3 is 0.229 bits per heavy atom. The van der Waals surface area contributed by atoms with Crippen molar-refractivity contribution in [3.63, 3.8) is 0 Å². The maximum atomic E-state index is 2.57. The van der Waals surface area contributed by atoms with Crippen LogP contribution in [0.4, 0.5) is 0 Å². The lowest BCUT2D eigenvalue weighted by atomic mass is 9.76. The summed E-state index contributed by atoms with van der Waals surface area (Å²) in [6, 6.07) is 61.4. The van der Waals surface area contributed by atoms with E-state index >= 15 is 0 Å². The third-order valence-electron chi connectivity index (χ3n) is 33.7. The summed E-state index contributed by atoms with van der Waals surface area (Å²) in [6.45, 7) is 14.0. The second kappa shape index (κ2) is 90.3. The minimum absolute atomic E-state index is 1.08. The smallest absolute Gasteiger partial charge is 0.0233 e. The molecule has 7 aromatic rings. The van der Waals surface area contributed by atoms with E-state index in [-0.39, 0.29) is 0 Å². The highest BCUT2D eigenvalue weighted by atomic mass is 14.3. The van der Waals surface area contributed by atoms with Gasteiger partial charge in [-0.1, -0.05) is 649 Å². The van der Waals surface area contributed by atoms with Crippen molar-refractivity contribution >= 4 is 0 Å². The Kier molecular flexibility index (Phi) is 78.6. The highest BCUT2D eigenvalue weighted by Gasteiger charge is 2.25. The number of aryl methyl sites for hydroxylation is 12. The molecular weight excluding hydrogens is 1730 g/mol. The fraction of sp³-hybridized carbons (Fsp3) is 0.708. The summed E-state index contributed by atoms with van der Waals surface area (Å²) in [5.41, 5.74) is 28.6. The maximum Gasteiger partial charge on any atom is -0.0233 e. The highest BCUT2D eigenvalue weighted by molar-refractivity contribution is 5.55. The number of rotatable bonds is 102. The molecule has 0 N–H and O–H groups in total. The standard InChI is InChI=1S/C144H234/c1-7-13-19-25-31-37-43-49-55-61-67-73-79-85-127-91-103-133(104-92-127)115-121-139-140(122-116-134-105-93-128(94-106-134)86-80-74-68-62-56-50-44-38-32-26-20-14-8-2)142(124-118-136-109-97-130(98-110-136)88-82-76-70-64-58-52-46-40-34-28-22-16-10-4)144(126-120-138-113-101-132(102-114-138)90-84-78-72-66-60-54-48-42-36-30-24-18-12-6)143(125-119-137-111-99-131(100-112-137)89-83-77-71-65-59-53-47-41-35-29-23-17-11-5)141(139)123-117-135-107-95-129(96-108-135)87-81-75-69-63-57-51-45-39-33-27-21-15-9-3/h91-114H,7-90,115-126H2,1-6H3. The second-order valence-corrected chi connectivity index (χ2v) is 46.7. The van der Waals surface area contributed by atoms with Gasteiger partial charge in [-0.05, 0) is 254 Å². The maximum absolute atomic E-state index is 2.57. The normalized spacial score (nSPS) is 11.7. The molecule has 7 rings (SSSR count). The van der Waals surface area contributed by atoms with Gasteiger partial charge in [0.1, 0.15) is 0 Å². The minimum Gasteiger partial charge on any atom is -0.0654 e. The topological polar surface area (TPSA) is 0 Å². The number of hydrogen-bond acceptors (Lipinski definition) is 0. The molecule has 0 nitrogen and oxygen atoms in total. The van der Waals surface area contributed by atoms with Gasteiger partial charge in [-0.3, -0.25) is 0 Å². The molecule has 0 aromatic heterocycles. The van der Waals surface area contributed by atoms with Gasteiger partial charge in [0.2, 0.25) is 0 Å². The molecule has 0 saturated carbocycles. The van der Waals surface area contributed by atoms with Crippen molar-refractivity contribution in [2.75, 3.05) is 0 Å². The van der Waals surface area contributed by atoms with Gasteiger partial charge in [-0.2, -0.15) is 0 Å². The van der Waals surface area contributed by atoms with Gasteiger partial charge in [0.15, 0.2) is 0 Å². The fourth-order valence-electron chi connectivity index (χ4n) is 23.8. The molecule has 810 valence electrons. The summed E-state index contributed by atoms with van der Waals surface area (Å²) >= 11 is 0. The van der Waals surface area contributed by atoms with E-state index < -0.39 is 0 Å². The number of unbranched alkanes of at least 4 members (excludes halogenated alkanes) is 72. The van der Waals surface area contributed by atoms with Gasteiger partial charge < -0.3 is 0 Å². The SMILES string of the molecule is CCCCCCCCCCCCCCCc1ccc(CCc2c(CCc3ccc(CCCCCCCCCCCCCCC)cc3)c(CCc3ccc(CCCCCCCCCCCCCCC)cc3)c(CCc3ccc(CCCCCCCCCCCCCCC)cc3)c(CCc3ccc(CCCCCCCCCCCCCCC)cc3)c2CCc2ccc(CCCCCCCCCCCCCCC)cc2)cc1. The summed E-state index contributed by atoms with van der Waals surface area (Å²) in [7, 11) is 0. The molecule has 144 heavy (non-hydrogen) atoms. The molecule has 0 aliphatic rings. The molecule has 0 amide bonds. The molecule has 0 unspecified atom stereocenters. The second-order valence-electron chi connectivity index (χ2n) is 46.7. The average molecular weight is 1970 g/mol. The van der Waals surface area contributed by atoms with Crippen LogP contribution >= 0.6 is 0 Å². The minimum atomic E-state index is 1.08. The Balaban J connectivity index is 1.24. The van der Waals surface area contributed by atoms with Gasteiger partial charge in [-0.25, -0.2) is 0 Å². The van der Waals surface area contributed by atoms with Gasteiger partial charge in [-0.15, -0.1) is 0 Å². The summed E-state index contributed by atoms with van der Waals surface area (Å²) in [6.07, 6.45) is 130. The van der Waals surface area contributed by atoms with Crippen LogP contribution < -0.4 is 0 Å². The summed E-state index contributed by atoms with van der Waals surface area (Å²) < 4.78 is 0. The van der Waals surface area contributed by atoms with E-state index in [2.05, 4.69) is 187 Å². The quantitative estimate of drug-likeness (QED) is 0.0333. The number of benzene rings is 7. The average Bonchev–Trinajstić information content (AvgIpc) is 0.759. The lowest BCUT2D eigenvalue weighted by Gasteiger charge is -2.28. The van der Waals surface area contributed by atoms with Crippen LogP contribution in [-0.2, 0) is 116 Å². The van der Waals surface area contributed by atoms with Crippen LogP contribution in [0.3, 0.4) is 0 Å². The van der Waals surface area contributed by atoms with E-state index in [1.54, 1.807) is 33.4 Å². The van der Waals surface area contributed by atoms with Crippen molar-refractivity contribution in [3.05, 3.63) is 246 Å². The van der Waals surface area contributed by atoms with E-state index in [1.807, 2.05) is 0 Å². The van der Waals surface area contributed by atoms with Crippen molar-refractivity contribution in [2.24, 2.45) is 0 Å². The Morgan fingerprint density at radius 1 is 0.0764 bits per heavy atom. The zero-order valence-electron chi connectivity index (χ0n) is 96.7. The molecule has 7 aromatic carbocycles. The zero-order chi connectivity index (χ0) is 101. The third-order valence-corrected chi connectivity index (χ3v) is 33.7. The molecule has 0 saturated heterocycles. The van der Waals surface area contributed by atoms with E-state index in [9.17, 15) is 0 Å². The number of hydrogen-bond donors (Lipinski definition) is 0. The third kappa shape index (κ3) is 63.6. The first-order valence-corrected chi connectivity index (χ1v) is 65.0. The van der Waals surface area contributed by atoms with Crippen molar-refractivity contribution in [1.82, 2.24) is 0 Å². The lowest BCUT2D eigenvalue weighted by Crippen LogP contribution is -2.18. The van der Waals surface area contributed by atoms with Crippen LogP contribution in [0.25, 0.3) is 0 Å². The van der Waals surface area contributed by atoms with E-state index in [1.165, 1.54) is 606 Å². The summed E-state index contributed by atoms with van der Waals surface area (Å²) in [5, 5.41) is 0. The van der Waals surface area contributed by atoms with Crippen LogP contribution in [0.2, 0.25) is 0 Å². The monoisotopic (exact) mass is 1960 g/mol. The van der Waals surface area contributed by atoms with Gasteiger partial charge in [0, 0.05) is 0 Å². The summed E-state index contributed by atoms with van der Waals surface area (Å²) in [4.78, 5) is 0. The first-order chi connectivity index (χ1) is 71.4. The van der Waals surface area contributed by atoms with Crippen molar-refractivity contribution in [3.8, 4) is 0 Å². The van der Waals surface area contributed by atoms with Crippen LogP contribution in [-0.4, -0.2) is 0 Å². The van der Waals surface area contributed by atoms with E-state index in [0.29, 0.717) is 0 Å². The molecule has 0 aliphatic heterocycles. The Bertz CT molecular complexity index is 3260. The van der Waals surface area contributed by atoms with Crippen molar-refractivity contribution < 1.29 is 0 Å². The van der Waals surface area contributed by atoms with Gasteiger partial charge in [0.25, 0.3) is 0 Å². The van der Waals surface area contributed by atoms with Crippen LogP contribution in [0, 0.1) is 0 Å². The van der Waals surface area contributed by atoms with E-state index in [4.69, 9.17) is 0 Å². The predicted molar refractivity (Wildman–Crippen MR) is 646 cm³/mol. The Morgan fingerprint density at radius 2 is 0.146 bits per heavy atom. The van der Waals surface area contributed by atoms with Gasteiger partial charge in [0.05, 0.1) is 0 Å². The molecule has 0 aliphatic carbocycles. The molecular formula is C144H234. The molecule has 0 atom stereocenters. The fourth-order valence-corrected chi connectivity index (χ4v) is 23.8. The zero-order valence-corrected chi connectivity index (χ0v) is 96.7. The molecule has 0 fully saturated rings. The Hall–Kier alpha value is -5.46. The predicted octanol–water partition coefficient (Wildman–Crippen LogP) is 46.2.